The van der Waals surface area contributed by atoms with Crippen LogP contribution in [0, 0.1) is 0 Å². The maximum atomic E-state index is 12.5. The van der Waals surface area contributed by atoms with E-state index in [-0.39, 0.29) is 28.2 Å². The molecule has 0 aromatic heterocycles. The number of likely N-dealkylation sites (N-methyl/N-ethyl adjacent to an activating group) is 1. The summed E-state index contributed by atoms with van der Waals surface area (Å²) in [6.07, 6.45) is 1.59. The number of rotatable bonds is 8. The lowest BCUT2D eigenvalue weighted by atomic mass is 10.2. The van der Waals surface area contributed by atoms with E-state index in [1.54, 1.807) is 13.8 Å². The zero-order chi connectivity index (χ0) is 18.6. The largest absolute Gasteiger partial charge is 0.495 e. The smallest absolute Gasteiger partial charge is 0.251 e. The molecular weight excluding hydrogens is 346 g/mol. The van der Waals surface area contributed by atoms with Crippen molar-refractivity contribution in [1.29, 1.82) is 0 Å². The van der Waals surface area contributed by atoms with Crippen LogP contribution in [0.15, 0.2) is 23.1 Å². The number of carbonyl (C=O) groups is 2. The fourth-order valence-corrected chi connectivity index (χ4v) is 3.68. The lowest BCUT2D eigenvalue weighted by Crippen LogP contribution is -2.44. The summed E-state index contributed by atoms with van der Waals surface area (Å²) in [7, 11) is -2.42. The molecule has 1 aliphatic rings. The normalized spacial score (nSPS) is 15.3. The molecule has 1 aliphatic carbocycles. The van der Waals surface area contributed by atoms with Gasteiger partial charge < -0.3 is 15.4 Å². The van der Waals surface area contributed by atoms with E-state index in [0.29, 0.717) is 6.54 Å². The molecule has 3 N–H and O–H groups in total. The Morgan fingerprint density at radius 1 is 1.32 bits per heavy atom. The van der Waals surface area contributed by atoms with E-state index < -0.39 is 22.0 Å². The molecule has 0 aliphatic heterocycles. The number of amides is 2. The van der Waals surface area contributed by atoms with Crippen LogP contribution in [0.3, 0.4) is 0 Å². The van der Waals surface area contributed by atoms with Crippen LogP contribution in [0.25, 0.3) is 0 Å². The molecule has 2 amide bonds. The van der Waals surface area contributed by atoms with E-state index in [1.807, 2.05) is 0 Å². The molecule has 1 atom stereocenters. The lowest BCUT2D eigenvalue weighted by Gasteiger charge is -2.15. The van der Waals surface area contributed by atoms with Crippen molar-refractivity contribution in [3.8, 4) is 5.75 Å². The number of methoxy groups -OCH3 is 1. The van der Waals surface area contributed by atoms with Crippen LogP contribution >= 0.6 is 0 Å². The fraction of sp³-hybridized carbons (Fsp3) is 0.500. The SMILES string of the molecule is CCNC(=O)[C@H](C)NC(=O)c1ccc(OC)c(S(=O)(=O)NC2CC2)c1. The average molecular weight is 369 g/mol. The molecule has 138 valence electrons. The second-order valence-corrected chi connectivity index (χ2v) is 7.53. The predicted molar refractivity (Wildman–Crippen MR) is 91.9 cm³/mol. The number of hydrogen-bond acceptors (Lipinski definition) is 5. The van der Waals surface area contributed by atoms with Crippen molar-refractivity contribution in [3.63, 3.8) is 0 Å². The third kappa shape index (κ3) is 4.93. The monoisotopic (exact) mass is 369 g/mol. The molecule has 1 aromatic rings. The average Bonchev–Trinajstić information content (AvgIpc) is 3.37. The Balaban J connectivity index is 2.22. The van der Waals surface area contributed by atoms with E-state index in [4.69, 9.17) is 4.74 Å². The highest BCUT2D eigenvalue weighted by molar-refractivity contribution is 7.89. The Labute approximate surface area is 147 Å². The molecule has 1 fully saturated rings. The lowest BCUT2D eigenvalue weighted by molar-refractivity contribution is -0.122. The second-order valence-electron chi connectivity index (χ2n) is 5.85. The van der Waals surface area contributed by atoms with E-state index in [0.717, 1.165) is 12.8 Å². The van der Waals surface area contributed by atoms with E-state index >= 15 is 0 Å². The van der Waals surface area contributed by atoms with Crippen molar-refractivity contribution in [1.82, 2.24) is 15.4 Å². The van der Waals surface area contributed by atoms with Crippen LogP contribution in [0.4, 0.5) is 0 Å². The van der Waals surface area contributed by atoms with Gasteiger partial charge in [0.25, 0.3) is 5.91 Å². The number of carbonyl (C=O) groups excluding carboxylic acids is 2. The highest BCUT2D eigenvalue weighted by atomic mass is 32.2. The topological polar surface area (TPSA) is 114 Å². The number of sulfonamides is 1. The van der Waals surface area contributed by atoms with Crippen LogP contribution in [0.5, 0.6) is 5.75 Å². The van der Waals surface area contributed by atoms with Crippen molar-refractivity contribution < 1.29 is 22.7 Å². The predicted octanol–water partition coefficient (Wildman–Crippen LogP) is 0.390. The van der Waals surface area contributed by atoms with Gasteiger partial charge in [0.1, 0.15) is 16.7 Å². The molecule has 0 heterocycles. The highest BCUT2D eigenvalue weighted by Gasteiger charge is 2.30. The first kappa shape index (κ1) is 19.2. The highest BCUT2D eigenvalue weighted by Crippen LogP contribution is 2.28. The van der Waals surface area contributed by atoms with Crippen molar-refractivity contribution in [2.45, 2.75) is 43.7 Å². The Bertz CT molecular complexity index is 759. The molecule has 0 radical (unpaired) electrons. The number of benzene rings is 1. The van der Waals surface area contributed by atoms with E-state index in [1.165, 1.54) is 25.3 Å². The second kappa shape index (κ2) is 7.83. The maximum Gasteiger partial charge on any atom is 0.251 e. The minimum absolute atomic E-state index is 0.0649. The summed E-state index contributed by atoms with van der Waals surface area (Å²) in [5.41, 5.74) is 0.133. The number of nitrogens with one attached hydrogen (secondary N) is 3. The number of hydrogen-bond donors (Lipinski definition) is 3. The summed E-state index contributed by atoms with van der Waals surface area (Å²) in [6, 6.07) is 3.33. The Morgan fingerprint density at radius 3 is 2.56 bits per heavy atom. The summed E-state index contributed by atoms with van der Waals surface area (Å²) in [4.78, 5) is 23.9. The van der Waals surface area contributed by atoms with Gasteiger partial charge in [0.2, 0.25) is 15.9 Å². The molecule has 25 heavy (non-hydrogen) atoms. The van der Waals surface area contributed by atoms with Crippen LogP contribution in [0.2, 0.25) is 0 Å². The van der Waals surface area contributed by atoms with Gasteiger partial charge in [0.15, 0.2) is 0 Å². The Kier molecular flexibility index (Phi) is 6.02. The summed E-state index contributed by atoms with van der Waals surface area (Å²) < 4.78 is 32.6. The quantitative estimate of drug-likeness (QED) is 0.613. The minimum Gasteiger partial charge on any atom is -0.495 e. The zero-order valence-electron chi connectivity index (χ0n) is 14.5. The van der Waals surface area contributed by atoms with Gasteiger partial charge in [-0.3, -0.25) is 9.59 Å². The van der Waals surface area contributed by atoms with Gasteiger partial charge in [0.05, 0.1) is 7.11 Å². The standard InChI is InChI=1S/C16H23N3O5S/c1-4-17-15(20)10(2)18-16(21)11-5-8-13(24-3)14(9-11)25(22,23)19-12-6-7-12/h5,8-10,12,19H,4,6-7H2,1-3H3,(H,17,20)(H,18,21)/t10-/m0/s1. The molecule has 8 nitrogen and oxygen atoms in total. The zero-order valence-corrected chi connectivity index (χ0v) is 15.3. The third-order valence-corrected chi connectivity index (χ3v) is 5.25. The molecule has 2 rings (SSSR count). The van der Waals surface area contributed by atoms with Gasteiger partial charge in [-0.1, -0.05) is 0 Å². The first-order valence-corrected chi connectivity index (χ1v) is 9.55. The van der Waals surface area contributed by atoms with Gasteiger partial charge in [-0.15, -0.1) is 0 Å². The maximum absolute atomic E-state index is 12.5. The summed E-state index contributed by atoms with van der Waals surface area (Å²) in [6.45, 7) is 3.79. The van der Waals surface area contributed by atoms with Crippen molar-refractivity contribution in [3.05, 3.63) is 23.8 Å². The first-order valence-electron chi connectivity index (χ1n) is 8.07. The van der Waals surface area contributed by atoms with Crippen molar-refractivity contribution in [2.75, 3.05) is 13.7 Å². The molecule has 0 spiro atoms. The molecular formula is C16H23N3O5S. The minimum atomic E-state index is -3.78. The number of ether oxygens (including phenoxy) is 1. The Morgan fingerprint density at radius 2 is 2.00 bits per heavy atom. The summed E-state index contributed by atoms with van der Waals surface area (Å²) >= 11 is 0. The van der Waals surface area contributed by atoms with Gasteiger partial charge in [0, 0.05) is 18.2 Å². The third-order valence-electron chi connectivity index (χ3n) is 3.71. The molecule has 9 heteroatoms. The summed E-state index contributed by atoms with van der Waals surface area (Å²) in [5.74, 6) is -0.696. The Hall–Kier alpha value is -2.13. The molecule has 1 aromatic carbocycles. The van der Waals surface area contributed by atoms with Crippen molar-refractivity contribution >= 4 is 21.8 Å². The molecule has 0 bridgehead atoms. The van der Waals surface area contributed by atoms with Crippen LogP contribution in [0.1, 0.15) is 37.0 Å². The van der Waals surface area contributed by atoms with Crippen LogP contribution in [-0.2, 0) is 14.8 Å². The first-order chi connectivity index (χ1) is 11.8. The van der Waals surface area contributed by atoms with Crippen LogP contribution in [-0.4, -0.2) is 46.0 Å². The van der Waals surface area contributed by atoms with E-state index in [9.17, 15) is 18.0 Å². The van der Waals surface area contributed by atoms with Gasteiger partial charge >= 0.3 is 0 Å². The molecule has 1 saturated carbocycles. The van der Waals surface area contributed by atoms with Gasteiger partial charge in [-0.2, -0.15) is 0 Å². The van der Waals surface area contributed by atoms with Crippen LogP contribution < -0.4 is 20.1 Å². The molecule has 0 unspecified atom stereocenters. The van der Waals surface area contributed by atoms with Crippen molar-refractivity contribution in [2.24, 2.45) is 0 Å². The fourth-order valence-electron chi connectivity index (χ4n) is 2.18. The molecule has 0 saturated heterocycles. The van der Waals surface area contributed by atoms with Gasteiger partial charge in [-0.25, -0.2) is 13.1 Å². The van der Waals surface area contributed by atoms with Gasteiger partial charge in [-0.05, 0) is 44.9 Å². The summed E-state index contributed by atoms with van der Waals surface area (Å²) in [5, 5.41) is 5.15. The van der Waals surface area contributed by atoms with E-state index in [2.05, 4.69) is 15.4 Å².